The Morgan fingerprint density at radius 1 is 1.07 bits per heavy atom. The second kappa shape index (κ2) is 6.01. The van der Waals surface area contributed by atoms with E-state index in [0.29, 0.717) is 39.9 Å². The molecule has 5 rings (SSSR count). The molecule has 0 aliphatic heterocycles. The van der Waals surface area contributed by atoms with Crippen molar-refractivity contribution in [3.8, 4) is 0 Å². The van der Waals surface area contributed by atoms with E-state index in [9.17, 15) is 9.90 Å². The first kappa shape index (κ1) is 19.4. The average molecular weight is 387 g/mol. The number of carbonyl (C=O) groups is 1. The fraction of sp³-hybridized carbons (Fsp3) is 0.962. The molecule has 9 atom stereocenters. The fourth-order valence-corrected chi connectivity index (χ4v) is 10.8. The van der Waals surface area contributed by atoms with Gasteiger partial charge in [-0.05, 0) is 109 Å². The monoisotopic (exact) mass is 386 g/mol. The maximum absolute atomic E-state index is 11.4. The van der Waals surface area contributed by atoms with E-state index in [2.05, 4.69) is 27.7 Å². The zero-order valence-electron chi connectivity index (χ0n) is 18.7. The highest BCUT2D eigenvalue weighted by atomic mass is 16.4. The molecule has 0 amide bonds. The van der Waals surface area contributed by atoms with Gasteiger partial charge in [0, 0.05) is 6.42 Å². The van der Waals surface area contributed by atoms with E-state index in [-0.39, 0.29) is 0 Å². The molecule has 5 fully saturated rings. The first-order valence-corrected chi connectivity index (χ1v) is 12.4. The van der Waals surface area contributed by atoms with Gasteiger partial charge < -0.3 is 5.11 Å². The highest BCUT2D eigenvalue weighted by Crippen LogP contribution is 2.87. The van der Waals surface area contributed by atoms with Crippen molar-refractivity contribution in [1.82, 2.24) is 0 Å². The summed E-state index contributed by atoms with van der Waals surface area (Å²) in [5.74, 6) is 3.07. The second-order valence-corrected chi connectivity index (χ2v) is 12.4. The Hall–Kier alpha value is -0.530. The zero-order valence-corrected chi connectivity index (χ0v) is 18.7. The first-order valence-electron chi connectivity index (χ1n) is 12.4. The van der Waals surface area contributed by atoms with Crippen LogP contribution in [-0.4, -0.2) is 11.1 Å². The predicted octanol–water partition coefficient (Wildman–Crippen LogP) is 6.93. The summed E-state index contributed by atoms with van der Waals surface area (Å²) in [5.41, 5.74) is 2.34. The summed E-state index contributed by atoms with van der Waals surface area (Å²) >= 11 is 0. The van der Waals surface area contributed by atoms with Crippen LogP contribution in [0, 0.1) is 51.2 Å². The Morgan fingerprint density at radius 3 is 2.54 bits per heavy atom. The van der Waals surface area contributed by atoms with Crippen LogP contribution in [0.25, 0.3) is 0 Å². The van der Waals surface area contributed by atoms with Gasteiger partial charge in [0.1, 0.15) is 0 Å². The van der Waals surface area contributed by atoms with E-state index >= 15 is 0 Å². The van der Waals surface area contributed by atoms with Crippen LogP contribution < -0.4 is 0 Å². The summed E-state index contributed by atoms with van der Waals surface area (Å²) < 4.78 is 0. The van der Waals surface area contributed by atoms with Crippen LogP contribution in [0.2, 0.25) is 0 Å². The van der Waals surface area contributed by atoms with Crippen LogP contribution >= 0.6 is 0 Å². The maximum Gasteiger partial charge on any atom is 0.303 e. The maximum atomic E-state index is 11.4. The summed E-state index contributed by atoms with van der Waals surface area (Å²) in [5, 5.41) is 9.38. The zero-order chi connectivity index (χ0) is 19.9. The molecule has 0 radical (unpaired) electrons. The predicted molar refractivity (Wildman–Crippen MR) is 113 cm³/mol. The molecular weight excluding hydrogens is 344 g/mol. The molecule has 0 aromatic heterocycles. The normalized spacial score (nSPS) is 55.4. The molecule has 0 heterocycles. The van der Waals surface area contributed by atoms with Crippen molar-refractivity contribution in [1.29, 1.82) is 0 Å². The number of aliphatic carboxylic acids is 1. The lowest BCUT2D eigenvalue weighted by Gasteiger charge is -2.63. The number of fused-ring (bicyclic) bond motifs is 4. The molecule has 2 heteroatoms. The highest BCUT2D eigenvalue weighted by molar-refractivity contribution is 5.67. The van der Waals surface area contributed by atoms with Crippen LogP contribution in [0.5, 0.6) is 0 Å². The molecule has 2 nitrogen and oxygen atoms in total. The van der Waals surface area contributed by atoms with Gasteiger partial charge in [-0.25, -0.2) is 0 Å². The Labute approximate surface area is 172 Å². The Kier molecular flexibility index (Phi) is 4.17. The van der Waals surface area contributed by atoms with E-state index in [4.69, 9.17) is 0 Å². The lowest BCUT2D eigenvalue weighted by Crippen LogP contribution is -2.55. The number of hydrogen-bond acceptors (Lipinski definition) is 1. The van der Waals surface area contributed by atoms with Gasteiger partial charge in [-0.2, -0.15) is 0 Å². The topological polar surface area (TPSA) is 37.3 Å². The largest absolute Gasteiger partial charge is 0.481 e. The minimum absolute atomic E-state index is 0.332. The summed E-state index contributed by atoms with van der Waals surface area (Å²) in [7, 11) is 0. The number of rotatable bonds is 4. The molecular formula is C26H42O2. The van der Waals surface area contributed by atoms with E-state index in [1.807, 2.05) is 0 Å². The van der Waals surface area contributed by atoms with Crippen molar-refractivity contribution < 1.29 is 9.90 Å². The Balaban J connectivity index is 1.47. The molecule has 5 aliphatic rings. The van der Waals surface area contributed by atoms with Gasteiger partial charge in [0.25, 0.3) is 0 Å². The van der Waals surface area contributed by atoms with E-state index in [1.54, 1.807) is 0 Å². The highest BCUT2D eigenvalue weighted by Gasteiger charge is 2.79. The molecule has 158 valence electrons. The molecule has 0 bridgehead atoms. The molecule has 0 aromatic carbocycles. The third-order valence-corrected chi connectivity index (χ3v) is 12.0. The van der Waals surface area contributed by atoms with Gasteiger partial charge in [0.05, 0.1) is 0 Å². The molecule has 5 aliphatic carbocycles. The summed E-state index contributed by atoms with van der Waals surface area (Å²) in [6, 6.07) is 0. The third-order valence-electron chi connectivity index (χ3n) is 12.0. The van der Waals surface area contributed by atoms with Crippen LogP contribution in [-0.2, 0) is 4.79 Å². The summed E-state index contributed by atoms with van der Waals surface area (Å²) in [6.07, 6.45) is 16.2. The Morgan fingerprint density at radius 2 is 1.82 bits per heavy atom. The van der Waals surface area contributed by atoms with E-state index in [0.717, 1.165) is 17.8 Å². The SMILES string of the molecule is CCC12CC3C4CCC(C(C)CC(=O)O)C4(C)CCC3C3(C)CCCCC13C2. The van der Waals surface area contributed by atoms with Crippen molar-refractivity contribution in [2.45, 2.75) is 105 Å². The van der Waals surface area contributed by atoms with Crippen LogP contribution in [0.15, 0.2) is 0 Å². The van der Waals surface area contributed by atoms with Crippen molar-refractivity contribution in [2.75, 3.05) is 0 Å². The quantitative estimate of drug-likeness (QED) is 0.569. The third kappa shape index (κ3) is 2.19. The molecule has 28 heavy (non-hydrogen) atoms. The summed E-state index contributed by atoms with van der Waals surface area (Å²) in [4.78, 5) is 11.4. The number of carboxylic acids is 1. The fourth-order valence-electron chi connectivity index (χ4n) is 10.8. The second-order valence-electron chi connectivity index (χ2n) is 12.4. The minimum atomic E-state index is -0.603. The van der Waals surface area contributed by atoms with Crippen LogP contribution in [0.4, 0.5) is 0 Å². The van der Waals surface area contributed by atoms with Gasteiger partial charge in [-0.15, -0.1) is 0 Å². The van der Waals surface area contributed by atoms with Gasteiger partial charge in [0.15, 0.2) is 0 Å². The van der Waals surface area contributed by atoms with Crippen LogP contribution in [0.3, 0.4) is 0 Å². The van der Waals surface area contributed by atoms with E-state index in [1.165, 1.54) is 70.6 Å². The molecule has 5 saturated carbocycles. The van der Waals surface area contributed by atoms with Gasteiger partial charge in [-0.1, -0.05) is 40.5 Å². The van der Waals surface area contributed by atoms with Crippen molar-refractivity contribution in [3.05, 3.63) is 0 Å². The Bertz CT molecular complexity index is 671. The van der Waals surface area contributed by atoms with Gasteiger partial charge in [-0.3, -0.25) is 4.79 Å². The standard InChI is InChI=1S/C26H42O2/c1-5-25-15-18-20-9-8-19(17(2)14-22(27)28)23(20,3)13-10-21(18)24(4)11-6-7-12-26(24,25)16-25/h17-21H,5-16H2,1-4H3,(H,27,28). The van der Waals surface area contributed by atoms with Gasteiger partial charge in [0.2, 0.25) is 0 Å². The smallest absolute Gasteiger partial charge is 0.303 e. The number of hydrogen-bond donors (Lipinski definition) is 1. The first-order chi connectivity index (χ1) is 13.2. The molecule has 1 spiro atoms. The molecule has 0 saturated heterocycles. The number of carboxylic acid groups (broad SMARTS) is 1. The van der Waals surface area contributed by atoms with E-state index < -0.39 is 5.97 Å². The van der Waals surface area contributed by atoms with Crippen molar-refractivity contribution >= 4 is 5.97 Å². The molecule has 1 N–H and O–H groups in total. The minimum Gasteiger partial charge on any atom is -0.481 e. The average Bonchev–Trinajstić information content (AvgIpc) is 3.15. The van der Waals surface area contributed by atoms with Crippen molar-refractivity contribution in [3.63, 3.8) is 0 Å². The molecule has 9 unspecified atom stereocenters. The van der Waals surface area contributed by atoms with Gasteiger partial charge >= 0.3 is 5.97 Å². The molecule has 0 aromatic rings. The van der Waals surface area contributed by atoms with Crippen LogP contribution in [0.1, 0.15) is 105 Å². The summed E-state index contributed by atoms with van der Waals surface area (Å²) in [6.45, 7) is 10.0. The lowest BCUT2D eigenvalue weighted by atomic mass is 9.42. The van der Waals surface area contributed by atoms with Crippen molar-refractivity contribution in [2.24, 2.45) is 51.2 Å². The lowest BCUT2D eigenvalue weighted by molar-refractivity contribution is -0.144.